The number of carbonyl (C=O) groups excluding carboxylic acids is 1. The quantitative estimate of drug-likeness (QED) is 0.900. The molecule has 1 saturated heterocycles. The van der Waals surface area contributed by atoms with Gasteiger partial charge in [0.25, 0.3) is 0 Å². The Kier molecular flexibility index (Phi) is 4.44. The van der Waals surface area contributed by atoms with Gasteiger partial charge in [0.2, 0.25) is 5.91 Å². The summed E-state index contributed by atoms with van der Waals surface area (Å²) in [6.07, 6.45) is 0.378. The monoisotopic (exact) mass is 370 g/mol. The second-order valence-electron chi connectivity index (χ2n) is 5.52. The molecule has 5 nitrogen and oxygen atoms in total. The maximum absolute atomic E-state index is 12.2. The fourth-order valence-electron chi connectivity index (χ4n) is 2.53. The fraction of sp³-hybridized carbons (Fsp3) is 0.333. The van der Waals surface area contributed by atoms with Crippen LogP contribution < -0.4 is 5.32 Å². The van der Waals surface area contributed by atoms with Crippen molar-refractivity contribution in [3.8, 4) is 11.3 Å². The highest BCUT2D eigenvalue weighted by Gasteiger charge is 2.33. The summed E-state index contributed by atoms with van der Waals surface area (Å²) in [6, 6.07) is 7.33. The van der Waals surface area contributed by atoms with Crippen LogP contribution >= 0.6 is 22.9 Å². The zero-order valence-corrected chi connectivity index (χ0v) is 14.8. The van der Waals surface area contributed by atoms with Crippen LogP contribution in [0.25, 0.3) is 11.3 Å². The average Bonchev–Trinajstić information content (AvgIpc) is 3.02. The summed E-state index contributed by atoms with van der Waals surface area (Å²) in [5, 5.41) is 3.88. The van der Waals surface area contributed by atoms with E-state index in [9.17, 15) is 13.2 Å². The summed E-state index contributed by atoms with van der Waals surface area (Å²) in [5.41, 5.74) is 1.72. The van der Waals surface area contributed by atoms with Gasteiger partial charge in [-0.2, -0.15) is 0 Å². The predicted octanol–water partition coefficient (Wildman–Crippen LogP) is 3.15. The minimum Gasteiger partial charge on any atom is -0.302 e. The zero-order chi connectivity index (χ0) is 16.6. The molecule has 1 amide bonds. The largest absolute Gasteiger partial charge is 0.302 e. The molecule has 1 aliphatic heterocycles. The molecule has 0 radical (unpaired) electrons. The van der Waals surface area contributed by atoms with E-state index in [4.69, 9.17) is 11.6 Å². The van der Waals surface area contributed by atoms with Crippen LogP contribution in [0.4, 0.5) is 5.13 Å². The van der Waals surface area contributed by atoms with Crippen LogP contribution in [-0.2, 0) is 14.6 Å². The van der Waals surface area contributed by atoms with Gasteiger partial charge in [-0.3, -0.25) is 4.79 Å². The van der Waals surface area contributed by atoms with Gasteiger partial charge in [-0.25, -0.2) is 13.4 Å². The Morgan fingerprint density at radius 2 is 2.04 bits per heavy atom. The highest BCUT2D eigenvalue weighted by Crippen LogP contribution is 2.31. The summed E-state index contributed by atoms with van der Waals surface area (Å²) in [5.74, 6) is -0.753. The van der Waals surface area contributed by atoms with Gasteiger partial charge in [-0.1, -0.05) is 23.7 Å². The lowest BCUT2D eigenvalue weighted by atomic mass is 10.1. The Morgan fingerprint density at radius 1 is 1.35 bits per heavy atom. The Labute approximate surface area is 143 Å². The number of halogens is 1. The molecule has 0 unspecified atom stereocenters. The van der Waals surface area contributed by atoms with Gasteiger partial charge in [0, 0.05) is 15.5 Å². The molecule has 1 aliphatic rings. The molecule has 122 valence electrons. The number of rotatable bonds is 3. The topological polar surface area (TPSA) is 76.1 Å². The number of hydrogen-bond donors (Lipinski definition) is 1. The summed E-state index contributed by atoms with van der Waals surface area (Å²) >= 11 is 7.26. The van der Waals surface area contributed by atoms with Crippen molar-refractivity contribution >= 4 is 43.8 Å². The molecule has 1 N–H and O–H groups in total. The van der Waals surface area contributed by atoms with Crippen molar-refractivity contribution < 1.29 is 13.2 Å². The number of hydrogen-bond acceptors (Lipinski definition) is 5. The maximum atomic E-state index is 12.2. The number of nitrogens with one attached hydrogen (secondary N) is 1. The van der Waals surface area contributed by atoms with E-state index < -0.39 is 15.8 Å². The van der Waals surface area contributed by atoms with Crippen LogP contribution in [0.5, 0.6) is 0 Å². The van der Waals surface area contributed by atoms with Gasteiger partial charge in [0.15, 0.2) is 15.0 Å². The fourth-order valence-corrected chi connectivity index (χ4v) is 5.24. The lowest BCUT2D eigenvalue weighted by molar-refractivity contribution is -0.119. The van der Waals surface area contributed by atoms with Crippen LogP contribution in [0.3, 0.4) is 0 Å². The number of aromatic nitrogens is 1. The Bertz CT molecular complexity index is 844. The molecular formula is C15H15ClN2O3S2. The second kappa shape index (κ2) is 6.22. The predicted molar refractivity (Wildman–Crippen MR) is 92.7 cm³/mol. The summed E-state index contributed by atoms with van der Waals surface area (Å²) in [4.78, 5) is 17.6. The summed E-state index contributed by atoms with van der Waals surface area (Å²) in [6.45, 7) is 1.93. The minimum atomic E-state index is -3.07. The Balaban J connectivity index is 1.76. The van der Waals surface area contributed by atoms with Crippen molar-refractivity contribution in [1.29, 1.82) is 0 Å². The second-order valence-corrected chi connectivity index (χ2v) is 9.39. The van der Waals surface area contributed by atoms with Crippen LogP contribution in [0, 0.1) is 12.8 Å². The first-order valence-corrected chi connectivity index (χ1v) is 10.1. The first kappa shape index (κ1) is 16.4. The third-order valence-electron chi connectivity index (χ3n) is 3.75. The number of aryl methyl sites for hydroxylation is 1. The van der Waals surface area contributed by atoms with Crippen molar-refractivity contribution in [2.75, 3.05) is 16.8 Å². The first-order valence-electron chi connectivity index (χ1n) is 7.09. The molecule has 0 aliphatic carbocycles. The molecule has 3 rings (SSSR count). The third kappa shape index (κ3) is 3.73. The highest BCUT2D eigenvalue weighted by molar-refractivity contribution is 7.91. The van der Waals surface area contributed by atoms with Gasteiger partial charge in [-0.15, -0.1) is 11.3 Å². The highest BCUT2D eigenvalue weighted by atomic mass is 35.5. The number of benzene rings is 1. The number of amides is 1. The first-order chi connectivity index (χ1) is 10.8. The minimum absolute atomic E-state index is 0.0762. The smallest absolute Gasteiger partial charge is 0.230 e. The van der Waals surface area contributed by atoms with E-state index in [-0.39, 0.29) is 17.4 Å². The maximum Gasteiger partial charge on any atom is 0.230 e. The number of sulfone groups is 1. The molecule has 0 bridgehead atoms. The molecule has 0 saturated carbocycles. The van der Waals surface area contributed by atoms with Crippen molar-refractivity contribution in [3.05, 3.63) is 34.2 Å². The molecular weight excluding hydrogens is 356 g/mol. The third-order valence-corrected chi connectivity index (χ3v) is 6.65. The number of anilines is 1. The lowest BCUT2D eigenvalue weighted by Crippen LogP contribution is -2.23. The molecule has 0 spiro atoms. The van der Waals surface area contributed by atoms with Crippen LogP contribution in [-0.4, -0.2) is 30.8 Å². The normalized spacial score (nSPS) is 19.7. The molecule has 8 heteroatoms. The van der Waals surface area contributed by atoms with Gasteiger partial charge >= 0.3 is 0 Å². The van der Waals surface area contributed by atoms with E-state index in [2.05, 4.69) is 10.3 Å². The summed E-state index contributed by atoms with van der Waals surface area (Å²) in [7, 11) is -3.07. The molecule has 23 heavy (non-hydrogen) atoms. The molecule has 2 aromatic rings. The van der Waals surface area contributed by atoms with Crippen molar-refractivity contribution in [2.45, 2.75) is 13.3 Å². The van der Waals surface area contributed by atoms with Crippen LogP contribution in [0.15, 0.2) is 24.3 Å². The van der Waals surface area contributed by atoms with E-state index in [0.29, 0.717) is 16.6 Å². The molecule has 1 fully saturated rings. The number of thiazole rings is 1. The molecule has 1 aromatic carbocycles. The lowest BCUT2D eigenvalue weighted by Gasteiger charge is -2.06. The van der Waals surface area contributed by atoms with Gasteiger partial charge < -0.3 is 5.32 Å². The van der Waals surface area contributed by atoms with Crippen molar-refractivity contribution in [2.24, 2.45) is 5.92 Å². The zero-order valence-electron chi connectivity index (χ0n) is 12.4. The van der Waals surface area contributed by atoms with E-state index in [1.54, 1.807) is 12.1 Å². The Hall–Kier alpha value is -1.44. The van der Waals surface area contributed by atoms with Crippen LogP contribution in [0.2, 0.25) is 5.02 Å². The molecule has 2 heterocycles. The number of nitrogens with zero attached hydrogens (tertiary/aromatic N) is 1. The molecule has 1 aromatic heterocycles. The van der Waals surface area contributed by atoms with Gasteiger partial charge in [0.05, 0.1) is 23.1 Å². The van der Waals surface area contributed by atoms with E-state index in [1.807, 2.05) is 19.1 Å². The van der Waals surface area contributed by atoms with E-state index in [0.717, 1.165) is 16.1 Å². The van der Waals surface area contributed by atoms with Crippen molar-refractivity contribution in [1.82, 2.24) is 4.98 Å². The summed E-state index contributed by atoms with van der Waals surface area (Å²) < 4.78 is 22.9. The van der Waals surface area contributed by atoms with Crippen molar-refractivity contribution in [3.63, 3.8) is 0 Å². The molecule has 1 atom stereocenters. The van der Waals surface area contributed by atoms with E-state index >= 15 is 0 Å². The van der Waals surface area contributed by atoms with E-state index in [1.165, 1.54) is 11.3 Å². The standard InChI is InChI=1S/C15H15ClN2O3S2/c1-9-13(10-2-4-12(16)5-3-10)17-15(22-9)18-14(19)11-6-7-23(20,21)8-11/h2-5,11H,6-8H2,1H3,(H,17,18,19)/t11-/m1/s1. The SMILES string of the molecule is Cc1sc(NC(=O)[C@@H]2CCS(=O)(=O)C2)nc1-c1ccc(Cl)cc1. The Morgan fingerprint density at radius 3 is 2.65 bits per heavy atom. The number of carbonyl (C=O) groups is 1. The van der Waals surface area contributed by atoms with Crippen LogP contribution in [0.1, 0.15) is 11.3 Å². The van der Waals surface area contributed by atoms with Gasteiger partial charge in [-0.05, 0) is 25.5 Å². The average molecular weight is 371 g/mol. The van der Waals surface area contributed by atoms with Gasteiger partial charge in [0.1, 0.15) is 0 Å².